The van der Waals surface area contributed by atoms with Crippen molar-refractivity contribution < 1.29 is 4.79 Å². The van der Waals surface area contributed by atoms with Crippen LogP contribution >= 0.6 is 11.8 Å². The van der Waals surface area contributed by atoms with Crippen molar-refractivity contribution in [2.45, 2.75) is 59.9 Å². The van der Waals surface area contributed by atoms with Gasteiger partial charge >= 0.3 is 0 Å². The van der Waals surface area contributed by atoms with Crippen LogP contribution in [0, 0.1) is 6.92 Å². The lowest BCUT2D eigenvalue weighted by Crippen LogP contribution is -2.45. The van der Waals surface area contributed by atoms with Gasteiger partial charge in [-0.2, -0.15) is 0 Å². The van der Waals surface area contributed by atoms with Crippen LogP contribution in [0.4, 0.5) is 11.4 Å². The summed E-state index contributed by atoms with van der Waals surface area (Å²) in [7, 11) is 0. The number of aliphatic imine (C=N–C) groups is 1. The Balaban J connectivity index is 1.74. The number of aryl methyl sites for hydroxylation is 1. The summed E-state index contributed by atoms with van der Waals surface area (Å²) in [5.74, 6) is 0.0414. The van der Waals surface area contributed by atoms with E-state index in [2.05, 4.69) is 70.7 Å². The van der Waals surface area contributed by atoms with E-state index in [0.29, 0.717) is 6.54 Å². The quantitative estimate of drug-likeness (QED) is 0.410. The zero-order chi connectivity index (χ0) is 24.5. The summed E-state index contributed by atoms with van der Waals surface area (Å²) >= 11 is 1.47. The zero-order valence-electron chi connectivity index (χ0n) is 21.2. The van der Waals surface area contributed by atoms with E-state index >= 15 is 0 Å². The first-order valence-electron chi connectivity index (χ1n) is 12.2. The van der Waals surface area contributed by atoms with Gasteiger partial charge in [0.05, 0.1) is 16.1 Å². The number of amides is 1. The molecule has 0 atom stereocenters. The molecule has 0 aliphatic carbocycles. The van der Waals surface area contributed by atoms with Gasteiger partial charge in [0.1, 0.15) is 0 Å². The van der Waals surface area contributed by atoms with Crippen LogP contribution in [-0.2, 0) is 4.79 Å². The number of para-hydroxylation sites is 1. The molecule has 0 radical (unpaired) electrons. The Hall–Kier alpha value is -2.79. The number of nitrogens with zero attached hydrogens (tertiary/aromatic N) is 3. The molecule has 0 saturated carbocycles. The van der Waals surface area contributed by atoms with Gasteiger partial charge in [0.25, 0.3) is 5.91 Å². The number of fused-ring (bicyclic) bond motifs is 1. The molecule has 0 spiro atoms. The molecule has 0 bridgehead atoms. The number of amidine groups is 1. The second-order valence-electron chi connectivity index (χ2n) is 9.66. The Bertz CT molecular complexity index is 1180. The van der Waals surface area contributed by atoms with E-state index in [0.717, 1.165) is 40.7 Å². The largest absolute Gasteiger partial charge is 0.362 e. The molecule has 2 heterocycles. The third-order valence-electron chi connectivity index (χ3n) is 6.42. The van der Waals surface area contributed by atoms with E-state index in [-0.39, 0.29) is 11.4 Å². The SMILES string of the molecule is CCCN1C(=O)/C(=C\c2cc3c(cc2C)N(CCC)C(C)(C)C=C3C)SC1=Nc1ccccc1. The minimum Gasteiger partial charge on any atom is -0.362 e. The summed E-state index contributed by atoms with van der Waals surface area (Å²) in [5.41, 5.74) is 6.96. The molecule has 0 N–H and O–H groups in total. The third-order valence-corrected chi connectivity index (χ3v) is 7.42. The predicted molar refractivity (Wildman–Crippen MR) is 148 cm³/mol. The standard InChI is InChI=1S/C29H35N3OS/c1-7-14-31-27(33)26(34-28(31)30-23-12-10-9-11-13-23)18-22-17-24-21(4)19-29(5,6)32(15-8-2)25(24)16-20(22)3/h9-13,16-19H,7-8,14-15H2,1-6H3/b26-18+,30-28?. The summed E-state index contributed by atoms with van der Waals surface area (Å²) < 4.78 is 0. The van der Waals surface area contributed by atoms with E-state index in [9.17, 15) is 4.79 Å². The first-order valence-corrected chi connectivity index (χ1v) is 13.0. The number of anilines is 1. The van der Waals surface area contributed by atoms with Crippen molar-refractivity contribution in [1.29, 1.82) is 0 Å². The first kappa shape index (κ1) is 24.3. The Labute approximate surface area is 208 Å². The van der Waals surface area contributed by atoms with Crippen LogP contribution in [0.15, 0.2) is 58.4 Å². The van der Waals surface area contributed by atoms with E-state index < -0.39 is 0 Å². The van der Waals surface area contributed by atoms with Crippen LogP contribution in [0.2, 0.25) is 0 Å². The molecular formula is C29H35N3OS. The second kappa shape index (κ2) is 9.83. The van der Waals surface area contributed by atoms with Crippen LogP contribution < -0.4 is 4.90 Å². The highest BCUT2D eigenvalue weighted by atomic mass is 32.2. The number of hydrogen-bond donors (Lipinski definition) is 0. The molecule has 1 amide bonds. The highest BCUT2D eigenvalue weighted by Gasteiger charge is 2.34. The lowest BCUT2D eigenvalue weighted by Gasteiger charge is -2.43. The Morgan fingerprint density at radius 3 is 2.41 bits per heavy atom. The number of allylic oxidation sites excluding steroid dienone is 1. The Morgan fingerprint density at radius 2 is 1.74 bits per heavy atom. The van der Waals surface area contributed by atoms with Crippen LogP contribution in [0.1, 0.15) is 64.2 Å². The highest BCUT2D eigenvalue weighted by Crippen LogP contribution is 2.42. The number of hydrogen-bond acceptors (Lipinski definition) is 4. The van der Waals surface area contributed by atoms with Gasteiger partial charge in [0, 0.05) is 24.3 Å². The molecule has 1 fully saturated rings. The van der Waals surface area contributed by atoms with Crippen LogP contribution in [-0.4, -0.2) is 34.6 Å². The summed E-state index contributed by atoms with van der Waals surface area (Å²) in [5, 5.41) is 0.756. The first-order chi connectivity index (χ1) is 16.2. The van der Waals surface area contributed by atoms with Crippen LogP contribution in [0.3, 0.4) is 0 Å². The molecule has 2 aromatic carbocycles. The lowest BCUT2D eigenvalue weighted by molar-refractivity contribution is -0.122. The lowest BCUT2D eigenvalue weighted by atomic mass is 9.86. The molecule has 178 valence electrons. The maximum Gasteiger partial charge on any atom is 0.266 e. The van der Waals surface area contributed by atoms with Gasteiger partial charge in [-0.3, -0.25) is 9.69 Å². The molecule has 2 aromatic rings. The molecule has 2 aliphatic rings. The van der Waals surface area contributed by atoms with E-state index in [4.69, 9.17) is 4.99 Å². The molecular weight excluding hydrogens is 438 g/mol. The fourth-order valence-corrected chi connectivity index (χ4v) is 5.81. The monoisotopic (exact) mass is 473 g/mol. The number of thioether (sulfide) groups is 1. The molecule has 4 nitrogen and oxygen atoms in total. The van der Waals surface area contributed by atoms with Gasteiger partial charge in [0.15, 0.2) is 5.17 Å². The van der Waals surface area contributed by atoms with Gasteiger partial charge in [-0.25, -0.2) is 4.99 Å². The highest BCUT2D eigenvalue weighted by molar-refractivity contribution is 8.18. The van der Waals surface area contributed by atoms with Crippen molar-refractivity contribution in [3.05, 3.63) is 70.1 Å². The summed E-state index contributed by atoms with van der Waals surface area (Å²) in [4.78, 5) is 23.1. The average molecular weight is 474 g/mol. The van der Waals surface area contributed by atoms with E-state index in [1.54, 1.807) is 0 Å². The Kier molecular flexibility index (Phi) is 7.04. The third kappa shape index (κ3) is 4.72. The molecule has 1 saturated heterocycles. The average Bonchev–Trinajstić information content (AvgIpc) is 3.07. The maximum absolute atomic E-state index is 13.3. The normalized spacial score (nSPS) is 19.7. The number of carbonyl (C=O) groups excluding carboxylic acids is 1. The maximum atomic E-state index is 13.3. The van der Waals surface area contributed by atoms with Gasteiger partial charge in [0.2, 0.25) is 0 Å². The minimum atomic E-state index is -0.0136. The van der Waals surface area contributed by atoms with Crippen molar-refractivity contribution in [1.82, 2.24) is 4.90 Å². The molecule has 2 aliphatic heterocycles. The van der Waals surface area contributed by atoms with Gasteiger partial charge in [-0.1, -0.05) is 38.1 Å². The van der Waals surface area contributed by atoms with Crippen molar-refractivity contribution in [2.24, 2.45) is 4.99 Å². The summed E-state index contributed by atoms with van der Waals surface area (Å²) in [6, 6.07) is 14.4. The molecule has 0 unspecified atom stereocenters. The van der Waals surface area contributed by atoms with Crippen LogP contribution in [0.25, 0.3) is 11.6 Å². The number of carbonyl (C=O) groups is 1. The summed E-state index contributed by atoms with van der Waals surface area (Å²) in [6.45, 7) is 14.9. The predicted octanol–water partition coefficient (Wildman–Crippen LogP) is 7.42. The molecule has 5 heteroatoms. The van der Waals surface area contributed by atoms with Crippen molar-refractivity contribution in [2.75, 3.05) is 18.0 Å². The zero-order valence-corrected chi connectivity index (χ0v) is 22.0. The van der Waals surface area contributed by atoms with Crippen molar-refractivity contribution in [3.8, 4) is 0 Å². The minimum absolute atomic E-state index is 0.0136. The smallest absolute Gasteiger partial charge is 0.266 e. The fraction of sp³-hybridized carbons (Fsp3) is 0.379. The topological polar surface area (TPSA) is 35.9 Å². The van der Waals surface area contributed by atoms with Crippen LogP contribution in [0.5, 0.6) is 0 Å². The van der Waals surface area contributed by atoms with Gasteiger partial charge in [-0.15, -0.1) is 0 Å². The van der Waals surface area contributed by atoms with Crippen molar-refractivity contribution in [3.63, 3.8) is 0 Å². The number of rotatable bonds is 6. The van der Waals surface area contributed by atoms with Gasteiger partial charge < -0.3 is 4.90 Å². The van der Waals surface area contributed by atoms with Crippen molar-refractivity contribution >= 4 is 45.9 Å². The van der Waals surface area contributed by atoms with E-state index in [1.165, 1.54) is 34.1 Å². The molecule has 34 heavy (non-hydrogen) atoms. The summed E-state index contributed by atoms with van der Waals surface area (Å²) in [6.07, 6.45) is 6.40. The van der Waals surface area contributed by atoms with E-state index in [1.807, 2.05) is 35.2 Å². The second-order valence-corrected chi connectivity index (χ2v) is 10.7. The molecule has 0 aromatic heterocycles. The van der Waals surface area contributed by atoms with Gasteiger partial charge in [-0.05, 0) is 99.3 Å². The fourth-order valence-electron chi connectivity index (χ4n) is 4.80. The molecule has 4 rings (SSSR count). The Morgan fingerprint density at radius 1 is 1.03 bits per heavy atom. The number of benzene rings is 2.